The molecule has 1 atom stereocenters. The van der Waals surface area contributed by atoms with Gasteiger partial charge in [-0.1, -0.05) is 84.9 Å². The van der Waals surface area contributed by atoms with Gasteiger partial charge in [0.2, 0.25) is 5.91 Å². The van der Waals surface area contributed by atoms with E-state index < -0.39 is 9.84 Å². The van der Waals surface area contributed by atoms with Gasteiger partial charge in [0.1, 0.15) is 0 Å². The lowest BCUT2D eigenvalue weighted by Gasteiger charge is -2.46. The summed E-state index contributed by atoms with van der Waals surface area (Å²) in [4.78, 5) is 37.7. The van der Waals surface area contributed by atoms with Crippen molar-refractivity contribution in [3.05, 3.63) is 114 Å². The fraction of sp³-hybridized carbons (Fsp3) is 0.303. The minimum Gasteiger partial charge on any atom is -0.341 e. The van der Waals surface area contributed by atoms with Gasteiger partial charge in [0, 0.05) is 63.0 Å². The lowest BCUT2D eigenvalue weighted by Crippen LogP contribution is -2.57. The SMILES string of the molecule is O=C(C[C@@H]1CN(C(=O)c2cncc3ccccc23)CCN1C(c1ccccc1)c1ccccc1)N1CCS(=O)(=O)CC1. The molecule has 0 N–H and O–H groups in total. The minimum atomic E-state index is -3.11. The first kappa shape index (κ1) is 28.1. The van der Waals surface area contributed by atoms with E-state index in [4.69, 9.17) is 0 Å². The molecule has 216 valence electrons. The monoisotopic (exact) mass is 582 g/mol. The molecule has 6 rings (SSSR count). The third-order valence-electron chi connectivity index (χ3n) is 8.38. The summed E-state index contributed by atoms with van der Waals surface area (Å²) in [7, 11) is -3.11. The zero-order chi connectivity index (χ0) is 29.1. The number of piperazine rings is 1. The van der Waals surface area contributed by atoms with Crippen LogP contribution in [0.2, 0.25) is 0 Å². The summed E-state index contributed by atoms with van der Waals surface area (Å²) in [6.07, 6.45) is 3.57. The number of hydrogen-bond donors (Lipinski definition) is 0. The third kappa shape index (κ3) is 5.93. The van der Waals surface area contributed by atoms with Crippen molar-refractivity contribution in [2.45, 2.75) is 18.5 Å². The number of fused-ring (bicyclic) bond motifs is 1. The molecule has 8 nitrogen and oxygen atoms in total. The molecule has 2 saturated heterocycles. The van der Waals surface area contributed by atoms with Crippen molar-refractivity contribution >= 4 is 32.4 Å². The molecule has 9 heteroatoms. The van der Waals surface area contributed by atoms with Crippen molar-refractivity contribution in [2.75, 3.05) is 44.2 Å². The first-order valence-corrected chi connectivity index (χ1v) is 16.2. The highest BCUT2D eigenvalue weighted by Crippen LogP contribution is 2.34. The van der Waals surface area contributed by atoms with E-state index in [1.807, 2.05) is 65.6 Å². The maximum absolute atomic E-state index is 13.9. The Labute approximate surface area is 246 Å². The van der Waals surface area contributed by atoms with Gasteiger partial charge in [0.25, 0.3) is 5.91 Å². The topological polar surface area (TPSA) is 90.9 Å². The average Bonchev–Trinajstić information content (AvgIpc) is 3.02. The summed E-state index contributed by atoms with van der Waals surface area (Å²) in [5.74, 6) is -0.206. The lowest BCUT2D eigenvalue weighted by molar-refractivity contribution is -0.133. The number of aromatic nitrogens is 1. The van der Waals surface area contributed by atoms with Crippen LogP contribution in [0.4, 0.5) is 0 Å². The zero-order valence-corrected chi connectivity index (χ0v) is 24.2. The van der Waals surface area contributed by atoms with E-state index in [1.165, 1.54) is 0 Å². The molecule has 0 unspecified atom stereocenters. The normalized spacial score (nSPS) is 19.2. The third-order valence-corrected chi connectivity index (χ3v) is 9.99. The summed E-state index contributed by atoms with van der Waals surface area (Å²) in [5, 5.41) is 1.76. The van der Waals surface area contributed by atoms with Crippen molar-refractivity contribution in [3.8, 4) is 0 Å². The number of nitrogens with zero attached hydrogens (tertiary/aromatic N) is 4. The number of pyridine rings is 1. The van der Waals surface area contributed by atoms with E-state index in [0.29, 0.717) is 25.2 Å². The second kappa shape index (κ2) is 12.0. The Hall–Kier alpha value is -4.08. The maximum Gasteiger partial charge on any atom is 0.256 e. The molecule has 0 saturated carbocycles. The van der Waals surface area contributed by atoms with Crippen LogP contribution in [0.3, 0.4) is 0 Å². The second-order valence-corrected chi connectivity index (χ2v) is 13.3. The number of sulfone groups is 1. The molecule has 4 aromatic rings. The Morgan fingerprint density at radius 2 is 1.38 bits per heavy atom. The van der Waals surface area contributed by atoms with Crippen LogP contribution in [-0.4, -0.2) is 90.2 Å². The summed E-state index contributed by atoms with van der Waals surface area (Å²) in [6.45, 7) is 1.86. The molecule has 0 spiro atoms. The fourth-order valence-electron chi connectivity index (χ4n) is 6.17. The number of hydrogen-bond acceptors (Lipinski definition) is 6. The summed E-state index contributed by atoms with van der Waals surface area (Å²) in [5.41, 5.74) is 2.78. The Balaban J connectivity index is 1.33. The van der Waals surface area contributed by atoms with Gasteiger partial charge >= 0.3 is 0 Å². The molecule has 2 amide bonds. The summed E-state index contributed by atoms with van der Waals surface area (Å²) in [6, 6.07) is 27.8. The zero-order valence-electron chi connectivity index (χ0n) is 23.4. The molecule has 0 bridgehead atoms. The van der Waals surface area contributed by atoms with Crippen LogP contribution >= 0.6 is 0 Å². The minimum absolute atomic E-state index is 0.0114. The second-order valence-electron chi connectivity index (χ2n) is 11.0. The molecule has 0 aliphatic carbocycles. The van der Waals surface area contributed by atoms with Crippen LogP contribution in [0.15, 0.2) is 97.3 Å². The summed E-state index contributed by atoms with van der Waals surface area (Å²) >= 11 is 0. The van der Waals surface area contributed by atoms with Crippen molar-refractivity contribution in [3.63, 3.8) is 0 Å². The highest BCUT2D eigenvalue weighted by Gasteiger charge is 2.38. The fourth-order valence-corrected chi connectivity index (χ4v) is 7.37. The van der Waals surface area contributed by atoms with E-state index in [9.17, 15) is 18.0 Å². The van der Waals surface area contributed by atoms with E-state index >= 15 is 0 Å². The molecule has 1 aromatic heterocycles. The van der Waals surface area contributed by atoms with Crippen LogP contribution in [-0.2, 0) is 14.6 Å². The van der Waals surface area contributed by atoms with Crippen LogP contribution in [0.25, 0.3) is 10.8 Å². The quantitative estimate of drug-likeness (QED) is 0.344. The predicted octanol–water partition coefficient (Wildman–Crippen LogP) is 3.80. The molecular formula is C33H34N4O4S. The van der Waals surface area contributed by atoms with Gasteiger partial charge in [-0.2, -0.15) is 0 Å². The largest absolute Gasteiger partial charge is 0.341 e. The first-order chi connectivity index (χ1) is 20.4. The first-order valence-electron chi connectivity index (χ1n) is 14.4. The van der Waals surface area contributed by atoms with E-state index in [1.54, 1.807) is 17.3 Å². The predicted molar refractivity (Wildman–Crippen MR) is 163 cm³/mol. The van der Waals surface area contributed by atoms with Crippen molar-refractivity contribution in [1.82, 2.24) is 19.7 Å². The summed E-state index contributed by atoms with van der Waals surface area (Å²) < 4.78 is 24.0. The van der Waals surface area contributed by atoms with E-state index in [0.717, 1.165) is 21.9 Å². The average molecular weight is 583 g/mol. The van der Waals surface area contributed by atoms with Gasteiger partial charge in [0.15, 0.2) is 9.84 Å². The lowest BCUT2D eigenvalue weighted by atomic mass is 9.93. The van der Waals surface area contributed by atoms with Gasteiger partial charge < -0.3 is 9.80 Å². The number of carbonyl (C=O) groups excluding carboxylic acids is 2. The van der Waals surface area contributed by atoms with Gasteiger partial charge in [-0.25, -0.2) is 8.42 Å². The van der Waals surface area contributed by atoms with E-state index in [-0.39, 0.29) is 54.9 Å². The molecular weight excluding hydrogens is 548 g/mol. The van der Waals surface area contributed by atoms with Gasteiger partial charge in [0.05, 0.1) is 23.1 Å². The Bertz CT molecular complexity index is 1620. The maximum atomic E-state index is 13.9. The molecule has 3 heterocycles. The van der Waals surface area contributed by atoms with Crippen molar-refractivity contribution in [2.24, 2.45) is 0 Å². The smallest absolute Gasteiger partial charge is 0.256 e. The number of carbonyl (C=O) groups is 2. The molecule has 3 aromatic carbocycles. The van der Waals surface area contributed by atoms with Crippen LogP contribution in [0.5, 0.6) is 0 Å². The molecule has 0 radical (unpaired) electrons. The molecule has 2 aliphatic heterocycles. The van der Waals surface area contributed by atoms with Crippen molar-refractivity contribution in [1.29, 1.82) is 0 Å². The van der Waals surface area contributed by atoms with Crippen LogP contribution < -0.4 is 0 Å². The number of rotatable bonds is 6. The van der Waals surface area contributed by atoms with E-state index in [2.05, 4.69) is 34.1 Å². The van der Waals surface area contributed by atoms with Gasteiger partial charge in [-0.05, 0) is 16.5 Å². The van der Waals surface area contributed by atoms with Crippen LogP contribution in [0, 0.1) is 0 Å². The van der Waals surface area contributed by atoms with Gasteiger partial charge in [-0.3, -0.25) is 19.5 Å². The highest BCUT2D eigenvalue weighted by atomic mass is 32.2. The van der Waals surface area contributed by atoms with Gasteiger partial charge in [-0.15, -0.1) is 0 Å². The molecule has 2 aliphatic rings. The van der Waals surface area contributed by atoms with Crippen LogP contribution in [0.1, 0.15) is 33.9 Å². The molecule has 2 fully saturated rings. The molecule has 42 heavy (non-hydrogen) atoms. The number of benzene rings is 3. The Kier molecular flexibility index (Phi) is 8.04. The standard InChI is InChI=1S/C33H34N4O4S/c38-31(35-17-19-42(40,41)20-18-35)21-28-24-36(33(39)30-23-34-22-27-13-7-8-14-29(27)30)15-16-37(28)32(25-9-3-1-4-10-25)26-11-5-2-6-12-26/h1-14,22-23,28,32H,15-21,24H2/t28-/m1/s1. The Morgan fingerprint density at radius 3 is 2.05 bits per heavy atom. The van der Waals surface area contributed by atoms with Crippen molar-refractivity contribution < 1.29 is 18.0 Å². The highest BCUT2D eigenvalue weighted by molar-refractivity contribution is 7.91. The number of amides is 2. The Morgan fingerprint density at radius 1 is 0.762 bits per heavy atom.